The van der Waals surface area contributed by atoms with E-state index in [1.54, 1.807) is 29.2 Å². The number of Topliss-reactive ketones (excluding diaryl/α,β-unsaturated/α-hetero) is 1. The number of rotatable bonds is 6. The van der Waals surface area contributed by atoms with E-state index in [0.717, 1.165) is 30.6 Å². The number of quaternary nitrogens is 1. The van der Waals surface area contributed by atoms with Gasteiger partial charge in [0.25, 0.3) is 5.91 Å². The molecule has 2 aliphatic rings. The first kappa shape index (κ1) is 22.5. The number of carbonyl (C=O) groups excluding carboxylic acids is 2. The Bertz CT molecular complexity index is 1010. The minimum Gasteiger partial charge on any atom is -0.872 e. The zero-order valence-corrected chi connectivity index (χ0v) is 18.9. The number of likely N-dealkylation sites (tertiary alicyclic amines) is 1. The number of ketones is 1. The van der Waals surface area contributed by atoms with Crippen molar-refractivity contribution < 1.29 is 24.3 Å². The fraction of sp³-hybridized carbons (Fsp3) is 0.360. The lowest BCUT2D eigenvalue weighted by Crippen LogP contribution is -3.14. The van der Waals surface area contributed by atoms with Crippen LogP contribution in [0.3, 0.4) is 0 Å². The lowest BCUT2D eigenvalue weighted by atomic mass is 9.94. The quantitative estimate of drug-likeness (QED) is 0.402. The summed E-state index contributed by atoms with van der Waals surface area (Å²) in [5.74, 6) is -1.75. The van der Waals surface area contributed by atoms with Crippen LogP contribution in [0.15, 0.2) is 54.1 Å². The molecule has 2 aromatic rings. The normalized spacial score (nSPS) is 21.3. The van der Waals surface area contributed by atoms with Crippen LogP contribution in [0.2, 0.25) is 5.02 Å². The van der Waals surface area contributed by atoms with Crippen LogP contribution in [0.25, 0.3) is 5.76 Å². The van der Waals surface area contributed by atoms with Gasteiger partial charge >= 0.3 is 0 Å². The molecular weight excluding hydrogens is 428 g/mol. The summed E-state index contributed by atoms with van der Waals surface area (Å²) < 4.78 is 5.41. The van der Waals surface area contributed by atoms with Crippen molar-refractivity contribution in [1.82, 2.24) is 4.90 Å². The number of carbonyl (C=O) groups is 2. The van der Waals surface area contributed by atoms with Crippen molar-refractivity contribution >= 4 is 29.1 Å². The molecule has 32 heavy (non-hydrogen) atoms. The van der Waals surface area contributed by atoms with E-state index in [4.69, 9.17) is 16.3 Å². The molecular formula is C25H27ClN2O4. The van der Waals surface area contributed by atoms with E-state index in [-0.39, 0.29) is 5.57 Å². The second-order valence-corrected chi connectivity index (χ2v) is 8.62. The average Bonchev–Trinajstić information content (AvgIpc) is 3.08. The summed E-state index contributed by atoms with van der Waals surface area (Å²) in [7, 11) is 0. The SMILES string of the molecule is CCc1ccc(C2C(=C([O-])c3ccc(Cl)cc3)C(=O)C(=O)N2CC[NH+]2CCOCC2)cc1. The monoisotopic (exact) mass is 454 g/mol. The molecule has 0 bridgehead atoms. The van der Waals surface area contributed by atoms with Gasteiger partial charge in [-0.2, -0.15) is 0 Å². The number of morpholine rings is 1. The van der Waals surface area contributed by atoms with E-state index in [1.807, 2.05) is 24.3 Å². The fourth-order valence-electron chi connectivity index (χ4n) is 4.33. The molecule has 2 saturated heterocycles. The van der Waals surface area contributed by atoms with Crippen LogP contribution in [0, 0.1) is 0 Å². The van der Waals surface area contributed by atoms with E-state index in [9.17, 15) is 14.7 Å². The van der Waals surface area contributed by atoms with Crippen molar-refractivity contribution in [2.45, 2.75) is 19.4 Å². The Labute approximate surface area is 193 Å². The molecule has 1 amide bonds. The van der Waals surface area contributed by atoms with Crippen molar-refractivity contribution in [3.8, 4) is 0 Å². The molecule has 7 heteroatoms. The highest BCUT2D eigenvalue weighted by Gasteiger charge is 2.44. The fourth-order valence-corrected chi connectivity index (χ4v) is 4.45. The van der Waals surface area contributed by atoms with Gasteiger partial charge in [0.05, 0.1) is 32.3 Å². The number of ether oxygens (including phenoxy) is 1. The Morgan fingerprint density at radius 1 is 1.09 bits per heavy atom. The molecule has 168 valence electrons. The van der Waals surface area contributed by atoms with Crippen LogP contribution in [0.1, 0.15) is 29.7 Å². The Morgan fingerprint density at radius 3 is 2.38 bits per heavy atom. The van der Waals surface area contributed by atoms with Crippen LogP contribution in [0.5, 0.6) is 0 Å². The first-order valence-corrected chi connectivity index (χ1v) is 11.4. The Hall–Kier alpha value is -2.67. The predicted molar refractivity (Wildman–Crippen MR) is 120 cm³/mol. The standard InChI is InChI=1S/C25H27ClN2O4/c1-2-17-3-5-18(6-4-17)22-21(23(29)19-7-9-20(26)10-8-19)24(30)25(31)28(22)12-11-27-13-15-32-16-14-27/h3-10,22,29H,2,11-16H2,1H3. The zero-order valence-electron chi connectivity index (χ0n) is 18.1. The number of nitrogens with zero attached hydrogens (tertiary/aromatic N) is 1. The highest BCUT2D eigenvalue weighted by Crippen LogP contribution is 2.38. The number of nitrogens with one attached hydrogen (secondary N) is 1. The number of benzene rings is 2. The van der Waals surface area contributed by atoms with Gasteiger partial charge < -0.3 is 19.6 Å². The molecule has 1 unspecified atom stereocenters. The first-order chi connectivity index (χ1) is 15.5. The molecule has 0 aromatic heterocycles. The summed E-state index contributed by atoms with van der Waals surface area (Å²) in [6.07, 6.45) is 0.882. The summed E-state index contributed by atoms with van der Waals surface area (Å²) in [4.78, 5) is 29.0. The molecule has 6 nitrogen and oxygen atoms in total. The second-order valence-electron chi connectivity index (χ2n) is 8.19. The van der Waals surface area contributed by atoms with Gasteiger partial charge in [0, 0.05) is 10.6 Å². The van der Waals surface area contributed by atoms with Gasteiger partial charge in [-0.3, -0.25) is 9.59 Å². The van der Waals surface area contributed by atoms with Gasteiger partial charge in [-0.15, -0.1) is 0 Å². The maximum absolute atomic E-state index is 13.4. The maximum atomic E-state index is 13.4. The maximum Gasteiger partial charge on any atom is 0.295 e. The van der Waals surface area contributed by atoms with Gasteiger partial charge in [0.2, 0.25) is 5.78 Å². The molecule has 2 heterocycles. The highest BCUT2D eigenvalue weighted by atomic mass is 35.5. The van der Waals surface area contributed by atoms with Gasteiger partial charge in [0.15, 0.2) is 0 Å². The van der Waals surface area contributed by atoms with Gasteiger partial charge in [-0.05, 0) is 35.2 Å². The van der Waals surface area contributed by atoms with E-state index >= 15 is 0 Å². The minimum atomic E-state index is -0.716. The summed E-state index contributed by atoms with van der Waals surface area (Å²) in [5.41, 5.74) is 2.29. The molecule has 4 rings (SSSR count). The van der Waals surface area contributed by atoms with Crippen LogP contribution < -0.4 is 10.0 Å². The van der Waals surface area contributed by atoms with Gasteiger partial charge in [-0.1, -0.05) is 60.7 Å². The predicted octanol–water partition coefficient (Wildman–Crippen LogP) is 1.04. The molecule has 0 saturated carbocycles. The van der Waals surface area contributed by atoms with Crippen molar-refractivity contribution in [1.29, 1.82) is 0 Å². The molecule has 2 aliphatic heterocycles. The van der Waals surface area contributed by atoms with E-state index in [2.05, 4.69) is 6.92 Å². The molecule has 2 aromatic carbocycles. The van der Waals surface area contributed by atoms with Crippen LogP contribution in [-0.4, -0.2) is 56.0 Å². The first-order valence-electron chi connectivity index (χ1n) is 11.0. The minimum absolute atomic E-state index is 0.0125. The third kappa shape index (κ3) is 4.58. The molecule has 2 fully saturated rings. The molecule has 0 aliphatic carbocycles. The topological polar surface area (TPSA) is 74.1 Å². The lowest BCUT2D eigenvalue weighted by Gasteiger charge is -2.30. The molecule has 1 atom stereocenters. The second kappa shape index (κ2) is 9.86. The number of hydrogen-bond donors (Lipinski definition) is 1. The van der Waals surface area contributed by atoms with E-state index in [1.165, 1.54) is 4.90 Å². The van der Waals surface area contributed by atoms with Gasteiger partial charge in [0.1, 0.15) is 13.1 Å². The molecule has 0 radical (unpaired) electrons. The Morgan fingerprint density at radius 2 is 1.75 bits per heavy atom. The summed E-state index contributed by atoms with van der Waals surface area (Å²) in [5, 5.41) is 13.9. The third-order valence-electron chi connectivity index (χ3n) is 6.25. The highest BCUT2D eigenvalue weighted by molar-refractivity contribution is 6.46. The lowest BCUT2D eigenvalue weighted by molar-refractivity contribution is -0.907. The molecule has 1 N–H and O–H groups in total. The summed E-state index contributed by atoms with van der Waals surface area (Å²) >= 11 is 5.96. The summed E-state index contributed by atoms with van der Waals surface area (Å²) in [6, 6.07) is 13.5. The Balaban J connectivity index is 1.72. The smallest absolute Gasteiger partial charge is 0.295 e. The van der Waals surface area contributed by atoms with Crippen molar-refractivity contribution in [3.05, 3.63) is 75.8 Å². The Kier molecular flexibility index (Phi) is 6.94. The van der Waals surface area contributed by atoms with Crippen molar-refractivity contribution in [3.63, 3.8) is 0 Å². The van der Waals surface area contributed by atoms with Gasteiger partial charge in [-0.25, -0.2) is 0 Å². The van der Waals surface area contributed by atoms with Crippen LogP contribution >= 0.6 is 11.6 Å². The van der Waals surface area contributed by atoms with Crippen LogP contribution in [0.4, 0.5) is 0 Å². The van der Waals surface area contributed by atoms with Crippen LogP contribution in [-0.2, 0) is 20.7 Å². The zero-order chi connectivity index (χ0) is 22.7. The largest absolute Gasteiger partial charge is 0.872 e. The van der Waals surface area contributed by atoms with E-state index in [0.29, 0.717) is 36.9 Å². The average molecular weight is 455 g/mol. The number of amides is 1. The van der Waals surface area contributed by atoms with Crippen molar-refractivity contribution in [2.24, 2.45) is 0 Å². The third-order valence-corrected chi connectivity index (χ3v) is 6.50. The molecule has 0 spiro atoms. The van der Waals surface area contributed by atoms with E-state index < -0.39 is 23.5 Å². The number of hydrogen-bond acceptors (Lipinski definition) is 4. The number of aryl methyl sites for hydroxylation is 1. The summed E-state index contributed by atoms with van der Waals surface area (Å²) in [6.45, 7) is 6.29. The van der Waals surface area contributed by atoms with Crippen molar-refractivity contribution in [2.75, 3.05) is 39.4 Å². The number of halogens is 1.